The molecule has 3 aromatic rings. The SMILES string of the molecule is Clc1cccc(-c2ccc(NCc3cnc(Cl)s3)cc2)c1. The Bertz CT molecular complexity index is 738. The van der Waals surface area contributed by atoms with Crippen LogP contribution in [-0.2, 0) is 6.54 Å². The van der Waals surface area contributed by atoms with E-state index in [-0.39, 0.29) is 0 Å². The number of rotatable bonds is 4. The van der Waals surface area contributed by atoms with Gasteiger partial charge in [0.25, 0.3) is 0 Å². The van der Waals surface area contributed by atoms with Crippen LogP contribution in [0.3, 0.4) is 0 Å². The minimum Gasteiger partial charge on any atom is -0.380 e. The lowest BCUT2D eigenvalue weighted by atomic mass is 10.1. The van der Waals surface area contributed by atoms with Crippen molar-refractivity contribution in [3.8, 4) is 11.1 Å². The maximum atomic E-state index is 6.02. The molecule has 2 nitrogen and oxygen atoms in total. The molecule has 1 aromatic heterocycles. The number of hydrogen-bond acceptors (Lipinski definition) is 3. The first-order chi connectivity index (χ1) is 10.2. The largest absolute Gasteiger partial charge is 0.380 e. The van der Waals surface area contributed by atoms with E-state index in [4.69, 9.17) is 23.2 Å². The Hall–Kier alpha value is -1.55. The molecule has 0 amide bonds. The van der Waals surface area contributed by atoms with Crippen LogP contribution in [0, 0.1) is 0 Å². The second-order valence-corrected chi connectivity index (χ2v) is 6.65. The summed E-state index contributed by atoms with van der Waals surface area (Å²) in [6.07, 6.45) is 1.79. The minimum atomic E-state index is 0.572. The fraction of sp³-hybridized carbons (Fsp3) is 0.0625. The highest BCUT2D eigenvalue weighted by atomic mass is 35.5. The van der Waals surface area contributed by atoms with Crippen LogP contribution < -0.4 is 5.32 Å². The first-order valence-electron chi connectivity index (χ1n) is 6.41. The van der Waals surface area contributed by atoms with Crippen molar-refractivity contribution in [3.63, 3.8) is 0 Å². The Balaban J connectivity index is 1.69. The van der Waals surface area contributed by atoms with Crippen molar-refractivity contribution in [1.82, 2.24) is 4.98 Å². The van der Waals surface area contributed by atoms with E-state index in [1.165, 1.54) is 11.3 Å². The molecule has 0 aliphatic carbocycles. The molecule has 0 atom stereocenters. The fourth-order valence-electron chi connectivity index (χ4n) is 2.00. The molecule has 0 fully saturated rings. The molecule has 0 spiro atoms. The van der Waals surface area contributed by atoms with Crippen LogP contribution in [0.1, 0.15) is 4.88 Å². The van der Waals surface area contributed by atoms with Crippen molar-refractivity contribution in [2.24, 2.45) is 0 Å². The summed E-state index contributed by atoms with van der Waals surface area (Å²) < 4.78 is 0.572. The molecule has 2 aromatic carbocycles. The Morgan fingerprint density at radius 3 is 2.48 bits per heavy atom. The van der Waals surface area contributed by atoms with Crippen molar-refractivity contribution in [1.29, 1.82) is 0 Å². The summed E-state index contributed by atoms with van der Waals surface area (Å²) in [5, 5.41) is 4.10. The van der Waals surface area contributed by atoms with Gasteiger partial charge in [-0.05, 0) is 35.4 Å². The second-order valence-electron chi connectivity index (χ2n) is 4.52. The third-order valence-electron chi connectivity index (χ3n) is 3.03. The van der Waals surface area contributed by atoms with Crippen LogP contribution in [0.5, 0.6) is 0 Å². The predicted octanol–water partition coefficient (Wildman–Crippen LogP) is 5.73. The molecule has 0 aliphatic rings. The minimum absolute atomic E-state index is 0.572. The molecule has 0 saturated carbocycles. The van der Waals surface area contributed by atoms with Crippen LogP contribution in [0.2, 0.25) is 9.49 Å². The topological polar surface area (TPSA) is 24.9 Å². The lowest BCUT2D eigenvalue weighted by Gasteiger charge is -2.07. The number of benzene rings is 2. The van der Waals surface area contributed by atoms with Crippen molar-refractivity contribution in [3.05, 3.63) is 69.1 Å². The smallest absolute Gasteiger partial charge is 0.183 e. The number of halogens is 2. The van der Waals surface area contributed by atoms with E-state index in [0.29, 0.717) is 4.47 Å². The monoisotopic (exact) mass is 334 g/mol. The Kier molecular flexibility index (Phi) is 4.44. The lowest BCUT2D eigenvalue weighted by Crippen LogP contribution is -1.96. The van der Waals surface area contributed by atoms with E-state index in [1.807, 2.05) is 24.3 Å². The van der Waals surface area contributed by atoms with Gasteiger partial charge in [0.2, 0.25) is 0 Å². The molecular weight excluding hydrogens is 323 g/mol. The van der Waals surface area contributed by atoms with E-state index in [0.717, 1.165) is 33.3 Å². The zero-order chi connectivity index (χ0) is 14.7. The second kappa shape index (κ2) is 6.48. The highest BCUT2D eigenvalue weighted by molar-refractivity contribution is 7.15. The molecule has 5 heteroatoms. The van der Waals surface area contributed by atoms with Gasteiger partial charge in [0.05, 0.1) is 6.54 Å². The van der Waals surface area contributed by atoms with Gasteiger partial charge < -0.3 is 5.32 Å². The highest BCUT2D eigenvalue weighted by Gasteiger charge is 2.01. The Morgan fingerprint density at radius 2 is 1.81 bits per heavy atom. The fourth-order valence-corrected chi connectivity index (χ4v) is 3.11. The maximum Gasteiger partial charge on any atom is 0.183 e. The molecule has 106 valence electrons. The van der Waals surface area contributed by atoms with E-state index in [9.17, 15) is 0 Å². The number of nitrogens with zero attached hydrogens (tertiary/aromatic N) is 1. The van der Waals surface area contributed by atoms with Crippen molar-refractivity contribution < 1.29 is 0 Å². The summed E-state index contributed by atoms with van der Waals surface area (Å²) in [6, 6.07) is 16.1. The van der Waals surface area contributed by atoms with Crippen molar-refractivity contribution in [2.75, 3.05) is 5.32 Å². The molecule has 3 rings (SSSR count). The number of hydrogen-bond donors (Lipinski definition) is 1. The average molecular weight is 335 g/mol. The van der Waals surface area contributed by atoms with E-state index in [1.54, 1.807) is 6.20 Å². The van der Waals surface area contributed by atoms with Crippen molar-refractivity contribution in [2.45, 2.75) is 6.54 Å². The summed E-state index contributed by atoms with van der Waals surface area (Å²) in [6.45, 7) is 0.723. The van der Waals surface area contributed by atoms with Gasteiger partial charge in [-0.15, -0.1) is 11.3 Å². The number of aromatic nitrogens is 1. The van der Waals surface area contributed by atoms with Crippen LogP contribution in [0.4, 0.5) is 5.69 Å². The van der Waals surface area contributed by atoms with Gasteiger partial charge in [0.15, 0.2) is 4.47 Å². The summed E-state index contributed by atoms with van der Waals surface area (Å²) in [4.78, 5) is 5.13. The number of thiazole rings is 1. The van der Waals surface area contributed by atoms with Gasteiger partial charge >= 0.3 is 0 Å². The maximum absolute atomic E-state index is 6.02. The molecule has 0 unspecified atom stereocenters. The molecule has 0 bridgehead atoms. The Labute approximate surface area is 137 Å². The number of nitrogens with one attached hydrogen (secondary N) is 1. The zero-order valence-corrected chi connectivity index (χ0v) is 13.3. The van der Waals surface area contributed by atoms with E-state index < -0.39 is 0 Å². The quantitative estimate of drug-likeness (QED) is 0.659. The van der Waals surface area contributed by atoms with Crippen LogP contribution in [-0.4, -0.2) is 4.98 Å². The molecule has 1 N–H and O–H groups in total. The van der Waals surface area contributed by atoms with Crippen LogP contribution in [0.25, 0.3) is 11.1 Å². The molecular formula is C16H12Cl2N2S. The Morgan fingerprint density at radius 1 is 1.00 bits per heavy atom. The molecule has 0 aliphatic heterocycles. The van der Waals surface area contributed by atoms with Gasteiger partial charge in [0.1, 0.15) is 0 Å². The zero-order valence-electron chi connectivity index (χ0n) is 11.0. The first kappa shape index (κ1) is 14.4. The van der Waals surface area contributed by atoms with Gasteiger partial charge in [-0.1, -0.05) is 47.5 Å². The third kappa shape index (κ3) is 3.76. The van der Waals surface area contributed by atoms with Gasteiger partial charge in [-0.2, -0.15) is 0 Å². The molecule has 0 saturated heterocycles. The summed E-state index contributed by atoms with van der Waals surface area (Å²) in [5.74, 6) is 0. The van der Waals surface area contributed by atoms with Gasteiger partial charge in [0, 0.05) is 21.8 Å². The normalized spacial score (nSPS) is 10.6. The van der Waals surface area contributed by atoms with Crippen LogP contribution >= 0.6 is 34.5 Å². The van der Waals surface area contributed by atoms with E-state index >= 15 is 0 Å². The standard InChI is InChI=1S/C16H12Cl2N2S/c17-13-3-1-2-12(8-13)11-4-6-14(7-5-11)19-9-15-10-20-16(18)21-15/h1-8,10,19H,9H2. The van der Waals surface area contributed by atoms with Gasteiger partial charge in [-0.25, -0.2) is 4.98 Å². The van der Waals surface area contributed by atoms with Crippen LogP contribution in [0.15, 0.2) is 54.7 Å². The first-order valence-corrected chi connectivity index (χ1v) is 7.98. The lowest BCUT2D eigenvalue weighted by molar-refractivity contribution is 1.17. The van der Waals surface area contributed by atoms with Gasteiger partial charge in [-0.3, -0.25) is 0 Å². The molecule has 0 radical (unpaired) electrons. The summed E-state index contributed by atoms with van der Waals surface area (Å²) in [5.41, 5.74) is 3.32. The molecule has 21 heavy (non-hydrogen) atoms. The predicted molar refractivity (Wildman–Crippen MR) is 91.3 cm³/mol. The van der Waals surface area contributed by atoms with Crippen molar-refractivity contribution >= 4 is 40.2 Å². The van der Waals surface area contributed by atoms with E-state index in [2.05, 4.69) is 34.6 Å². The molecule has 1 heterocycles. The average Bonchev–Trinajstić information content (AvgIpc) is 2.91. The number of anilines is 1. The third-order valence-corrected chi connectivity index (χ3v) is 4.38. The highest BCUT2D eigenvalue weighted by Crippen LogP contribution is 2.25. The summed E-state index contributed by atoms with van der Waals surface area (Å²) >= 11 is 13.3. The summed E-state index contributed by atoms with van der Waals surface area (Å²) in [7, 11) is 0.